The Morgan fingerprint density at radius 1 is 1.35 bits per heavy atom. The predicted molar refractivity (Wildman–Crippen MR) is 85.9 cm³/mol. The Balaban J connectivity index is 2.04. The summed E-state index contributed by atoms with van der Waals surface area (Å²) < 4.78 is 6.83. The Morgan fingerprint density at radius 3 is 2.65 bits per heavy atom. The molecule has 0 aliphatic heterocycles. The molecular formula is C15H21IN2O2. The molecule has 0 unspecified atom stereocenters. The van der Waals surface area contributed by atoms with Gasteiger partial charge in [0.15, 0.2) is 0 Å². The molecule has 3 rings (SSSR count). The third-order valence-corrected chi connectivity index (χ3v) is 5.41. The van der Waals surface area contributed by atoms with Crippen molar-refractivity contribution in [3.63, 3.8) is 0 Å². The van der Waals surface area contributed by atoms with Crippen LogP contribution in [0.1, 0.15) is 69.3 Å². The highest BCUT2D eigenvalue weighted by Gasteiger charge is 2.39. The molecule has 2 aliphatic carbocycles. The number of nitrogens with zero attached hydrogens (tertiary/aromatic N) is 1. The van der Waals surface area contributed by atoms with Crippen molar-refractivity contribution >= 4 is 22.6 Å². The van der Waals surface area contributed by atoms with Crippen molar-refractivity contribution in [1.82, 2.24) is 9.97 Å². The second-order valence-electron chi connectivity index (χ2n) is 5.88. The summed E-state index contributed by atoms with van der Waals surface area (Å²) in [7, 11) is 0. The van der Waals surface area contributed by atoms with E-state index < -0.39 is 0 Å². The maximum Gasteiger partial charge on any atom is 0.264 e. The van der Waals surface area contributed by atoms with Crippen LogP contribution < -0.4 is 5.56 Å². The molecule has 20 heavy (non-hydrogen) atoms. The average Bonchev–Trinajstić information content (AvgIpc) is 3.27. The molecule has 0 aromatic carbocycles. The molecule has 4 nitrogen and oxygen atoms in total. The van der Waals surface area contributed by atoms with Gasteiger partial charge in [0, 0.05) is 12.5 Å². The van der Waals surface area contributed by atoms with Crippen LogP contribution in [-0.4, -0.2) is 16.6 Å². The lowest BCUT2D eigenvalue weighted by molar-refractivity contribution is -0.0770. The fraction of sp³-hybridized carbons (Fsp3) is 0.733. The SMILES string of the molecule is CCOC1(c2nc(C3CC3)c(I)c(=O)[nH]2)CCCCC1. The summed E-state index contributed by atoms with van der Waals surface area (Å²) in [5.41, 5.74) is 0.635. The number of ether oxygens (including phenoxy) is 1. The minimum absolute atomic E-state index is 0.00199. The molecule has 2 aliphatic rings. The number of hydrogen-bond donors (Lipinski definition) is 1. The minimum Gasteiger partial charge on any atom is -0.367 e. The van der Waals surface area contributed by atoms with E-state index in [9.17, 15) is 4.79 Å². The number of nitrogens with one attached hydrogen (secondary N) is 1. The zero-order chi connectivity index (χ0) is 14.2. The second-order valence-corrected chi connectivity index (χ2v) is 6.95. The van der Waals surface area contributed by atoms with Crippen LogP contribution in [-0.2, 0) is 10.3 Å². The topological polar surface area (TPSA) is 55.0 Å². The van der Waals surface area contributed by atoms with E-state index in [0.29, 0.717) is 12.5 Å². The van der Waals surface area contributed by atoms with Gasteiger partial charge in [0.2, 0.25) is 0 Å². The number of H-pyrrole nitrogens is 1. The number of rotatable bonds is 4. The Kier molecular flexibility index (Phi) is 4.17. The average molecular weight is 388 g/mol. The quantitative estimate of drug-likeness (QED) is 0.804. The molecule has 0 saturated heterocycles. The lowest BCUT2D eigenvalue weighted by Gasteiger charge is -2.36. The molecule has 1 aromatic rings. The van der Waals surface area contributed by atoms with Crippen LogP contribution in [0.5, 0.6) is 0 Å². The van der Waals surface area contributed by atoms with Crippen molar-refractivity contribution in [3.05, 3.63) is 25.4 Å². The number of aromatic amines is 1. The lowest BCUT2D eigenvalue weighted by atomic mass is 9.83. The van der Waals surface area contributed by atoms with E-state index in [0.717, 1.165) is 53.6 Å². The Morgan fingerprint density at radius 2 is 2.05 bits per heavy atom. The van der Waals surface area contributed by atoms with Gasteiger partial charge >= 0.3 is 0 Å². The Bertz CT molecular complexity index is 540. The molecule has 5 heteroatoms. The van der Waals surface area contributed by atoms with Gasteiger partial charge in [-0.15, -0.1) is 0 Å². The summed E-state index contributed by atoms with van der Waals surface area (Å²) in [5, 5.41) is 0. The molecule has 2 fully saturated rings. The third kappa shape index (κ3) is 2.66. The zero-order valence-corrected chi connectivity index (χ0v) is 14.0. The van der Waals surface area contributed by atoms with Crippen molar-refractivity contribution in [3.8, 4) is 0 Å². The second kappa shape index (κ2) is 5.75. The van der Waals surface area contributed by atoms with Gasteiger partial charge in [-0.1, -0.05) is 19.3 Å². The molecule has 0 bridgehead atoms. The van der Waals surface area contributed by atoms with Crippen LogP contribution in [0.15, 0.2) is 4.79 Å². The maximum atomic E-state index is 12.2. The molecule has 0 spiro atoms. The molecular weight excluding hydrogens is 367 g/mol. The normalized spacial score (nSPS) is 21.9. The van der Waals surface area contributed by atoms with Gasteiger partial charge < -0.3 is 9.72 Å². The van der Waals surface area contributed by atoms with E-state index in [-0.39, 0.29) is 11.2 Å². The van der Waals surface area contributed by atoms with Gasteiger partial charge in [-0.3, -0.25) is 4.79 Å². The van der Waals surface area contributed by atoms with Crippen LogP contribution in [0.2, 0.25) is 0 Å². The molecule has 0 amide bonds. The Hall–Kier alpha value is -0.430. The fourth-order valence-electron chi connectivity index (χ4n) is 3.17. The maximum absolute atomic E-state index is 12.2. The van der Waals surface area contributed by atoms with Crippen LogP contribution in [0.25, 0.3) is 0 Å². The summed E-state index contributed by atoms with van der Waals surface area (Å²) in [6.07, 6.45) is 7.80. The van der Waals surface area contributed by atoms with Gasteiger partial charge in [0.25, 0.3) is 5.56 Å². The van der Waals surface area contributed by atoms with E-state index >= 15 is 0 Å². The van der Waals surface area contributed by atoms with Crippen molar-refractivity contribution < 1.29 is 4.74 Å². The van der Waals surface area contributed by atoms with Gasteiger partial charge in [0.1, 0.15) is 11.4 Å². The number of halogens is 1. The first-order valence-corrected chi connectivity index (χ1v) is 8.68. The summed E-state index contributed by atoms with van der Waals surface area (Å²) in [6.45, 7) is 2.68. The minimum atomic E-state index is -0.361. The summed E-state index contributed by atoms with van der Waals surface area (Å²) in [4.78, 5) is 20.0. The first kappa shape index (κ1) is 14.5. The van der Waals surface area contributed by atoms with Crippen LogP contribution in [0.4, 0.5) is 0 Å². The highest BCUT2D eigenvalue weighted by molar-refractivity contribution is 14.1. The standard InChI is InChI=1S/C15H21IN2O2/c1-2-20-15(8-4-3-5-9-15)14-17-12(10-6-7-10)11(16)13(19)18-14/h10H,2-9H2,1H3,(H,17,18,19). The molecule has 2 saturated carbocycles. The lowest BCUT2D eigenvalue weighted by Crippen LogP contribution is -2.37. The summed E-state index contributed by atoms with van der Waals surface area (Å²) in [5.74, 6) is 1.26. The smallest absolute Gasteiger partial charge is 0.264 e. The van der Waals surface area contributed by atoms with E-state index in [1.54, 1.807) is 0 Å². The van der Waals surface area contributed by atoms with E-state index in [1.807, 2.05) is 6.92 Å². The highest BCUT2D eigenvalue weighted by atomic mass is 127. The predicted octanol–water partition coefficient (Wildman–Crippen LogP) is 3.45. The van der Waals surface area contributed by atoms with Gasteiger partial charge in [-0.05, 0) is 55.2 Å². The molecule has 110 valence electrons. The highest BCUT2D eigenvalue weighted by Crippen LogP contribution is 2.43. The third-order valence-electron chi connectivity index (χ3n) is 4.37. The van der Waals surface area contributed by atoms with Crippen molar-refractivity contribution in [2.75, 3.05) is 6.61 Å². The molecule has 1 aromatic heterocycles. The molecule has 1 N–H and O–H groups in total. The number of aromatic nitrogens is 2. The van der Waals surface area contributed by atoms with Gasteiger partial charge in [-0.25, -0.2) is 4.98 Å². The fourth-order valence-corrected chi connectivity index (χ4v) is 3.86. The molecule has 0 radical (unpaired) electrons. The van der Waals surface area contributed by atoms with Crippen molar-refractivity contribution in [2.24, 2.45) is 0 Å². The first-order chi connectivity index (χ1) is 9.66. The van der Waals surface area contributed by atoms with Gasteiger partial charge in [0.05, 0.1) is 9.26 Å². The molecule has 0 atom stereocenters. The molecule has 1 heterocycles. The van der Waals surface area contributed by atoms with E-state index in [1.165, 1.54) is 6.42 Å². The largest absolute Gasteiger partial charge is 0.367 e. The first-order valence-electron chi connectivity index (χ1n) is 7.60. The number of hydrogen-bond acceptors (Lipinski definition) is 3. The van der Waals surface area contributed by atoms with E-state index in [2.05, 4.69) is 27.6 Å². The summed E-state index contributed by atoms with van der Waals surface area (Å²) in [6, 6.07) is 0. The van der Waals surface area contributed by atoms with Crippen LogP contribution >= 0.6 is 22.6 Å². The monoisotopic (exact) mass is 388 g/mol. The Labute approximate surface area is 132 Å². The van der Waals surface area contributed by atoms with Crippen molar-refractivity contribution in [2.45, 2.75) is 63.4 Å². The zero-order valence-electron chi connectivity index (χ0n) is 11.9. The van der Waals surface area contributed by atoms with Crippen LogP contribution in [0.3, 0.4) is 0 Å². The summed E-state index contributed by atoms with van der Waals surface area (Å²) >= 11 is 2.13. The van der Waals surface area contributed by atoms with E-state index in [4.69, 9.17) is 9.72 Å². The van der Waals surface area contributed by atoms with Gasteiger partial charge in [-0.2, -0.15) is 0 Å². The van der Waals surface area contributed by atoms with Crippen LogP contribution in [0, 0.1) is 3.57 Å². The van der Waals surface area contributed by atoms with Crippen molar-refractivity contribution in [1.29, 1.82) is 0 Å².